The molecule has 34 heavy (non-hydrogen) atoms. The van der Waals surface area contributed by atoms with Gasteiger partial charge >= 0.3 is 5.97 Å². The van der Waals surface area contributed by atoms with E-state index in [-0.39, 0.29) is 18.6 Å². The van der Waals surface area contributed by atoms with E-state index in [0.717, 1.165) is 55.3 Å². The van der Waals surface area contributed by atoms with Crippen molar-refractivity contribution in [2.75, 3.05) is 6.61 Å². The Morgan fingerprint density at radius 2 is 1.62 bits per heavy atom. The van der Waals surface area contributed by atoms with E-state index in [0.29, 0.717) is 22.9 Å². The van der Waals surface area contributed by atoms with Crippen molar-refractivity contribution in [3.8, 4) is 22.9 Å². The van der Waals surface area contributed by atoms with Crippen LogP contribution in [0.15, 0.2) is 64.7 Å². The van der Waals surface area contributed by atoms with Crippen LogP contribution >= 0.6 is 0 Å². The van der Waals surface area contributed by atoms with Crippen LogP contribution < -0.4 is 0 Å². The van der Waals surface area contributed by atoms with Crippen molar-refractivity contribution in [3.63, 3.8) is 0 Å². The number of aryl methyl sites for hydroxylation is 1. The summed E-state index contributed by atoms with van der Waals surface area (Å²) >= 11 is 0. The highest BCUT2D eigenvalue weighted by Crippen LogP contribution is 2.33. The molecular weight excluding hydrogens is 430 g/mol. The average Bonchev–Trinajstić information content (AvgIpc) is 3.58. The summed E-state index contributed by atoms with van der Waals surface area (Å²) in [4.78, 5) is 27.2. The van der Waals surface area contributed by atoms with Gasteiger partial charge in [-0.05, 0) is 81.8 Å². The van der Waals surface area contributed by atoms with Crippen molar-refractivity contribution >= 4 is 11.9 Å². The Labute approximate surface area is 198 Å². The van der Waals surface area contributed by atoms with E-state index in [2.05, 4.69) is 16.3 Å². The fourth-order valence-electron chi connectivity index (χ4n) is 4.15. The van der Waals surface area contributed by atoms with Gasteiger partial charge in [-0.25, -0.2) is 4.79 Å². The quantitative estimate of drug-likeness (QED) is 0.447. The fraction of sp³-hybridized carbons (Fsp3) is 0.333. The zero-order chi connectivity index (χ0) is 23.5. The predicted octanol–water partition coefficient (Wildman–Crippen LogP) is 5.32. The van der Waals surface area contributed by atoms with E-state index in [1.54, 1.807) is 24.3 Å². The monoisotopic (exact) mass is 457 g/mol. The molecule has 1 saturated carbocycles. The number of nitrogens with zero attached hydrogens (tertiary/aromatic N) is 3. The molecular formula is C27H27N3O4. The maximum atomic E-state index is 12.8. The first-order chi connectivity index (χ1) is 16.6. The molecule has 0 radical (unpaired) electrons. The number of hydrogen-bond acceptors (Lipinski definition) is 6. The van der Waals surface area contributed by atoms with Gasteiger partial charge in [0.05, 0.1) is 5.56 Å². The number of carbonyl (C=O) groups excluding carboxylic acids is 2. The predicted molar refractivity (Wildman–Crippen MR) is 127 cm³/mol. The molecule has 2 aliphatic rings. The zero-order valence-electron chi connectivity index (χ0n) is 19.2. The minimum atomic E-state index is -0.529. The molecule has 3 aromatic rings. The summed E-state index contributed by atoms with van der Waals surface area (Å²) in [5, 5.41) is 8.24. The van der Waals surface area contributed by atoms with E-state index in [1.165, 1.54) is 0 Å². The first kappa shape index (κ1) is 22.1. The maximum absolute atomic E-state index is 12.8. The molecule has 0 bridgehead atoms. The summed E-state index contributed by atoms with van der Waals surface area (Å²) in [5.41, 5.74) is 4.15. The van der Waals surface area contributed by atoms with Gasteiger partial charge in [0, 0.05) is 22.9 Å². The molecule has 174 valence electrons. The van der Waals surface area contributed by atoms with E-state index in [1.807, 2.05) is 36.1 Å². The largest absolute Gasteiger partial charge is 0.452 e. The van der Waals surface area contributed by atoms with Gasteiger partial charge in [0.1, 0.15) is 0 Å². The molecule has 7 nitrogen and oxygen atoms in total. The number of esters is 1. The molecule has 0 saturated heterocycles. The van der Waals surface area contributed by atoms with E-state index in [4.69, 9.17) is 9.15 Å². The van der Waals surface area contributed by atoms with Gasteiger partial charge in [0.2, 0.25) is 11.8 Å². The third-order valence-electron chi connectivity index (χ3n) is 6.17. The number of aromatic nitrogens is 2. The summed E-state index contributed by atoms with van der Waals surface area (Å²) in [5.74, 6) is 0.131. The van der Waals surface area contributed by atoms with Crippen LogP contribution in [-0.2, 0) is 9.53 Å². The zero-order valence-corrected chi connectivity index (χ0v) is 19.2. The number of rotatable bonds is 7. The van der Waals surface area contributed by atoms with Crippen molar-refractivity contribution in [2.45, 2.75) is 51.5 Å². The van der Waals surface area contributed by atoms with Gasteiger partial charge in [-0.2, -0.15) is 0 Å². The number of carbonyl (C=O) groups is 2. The van der Waals surface area contributed by atoms with Crippen LogP contribution in [0.2, 0.25) is 0 Å². The fourth-order valence-corrected chi connectivity index (χ4v) is 4.15. The Morgan fingerprint density at radius 1 is 0.971 bits per heavy atom. The minimum Gasteiger partial charge on any atom is -0.452 e. The van der Waals surface area contributed by atoms with Crippen LogP contribution in [-0.4, -0.2) is 39.6 Å². The second kappa shape index (κ2) is 9.63. The highest BCUT2D eigenvalue weighted by atomic mass is 16.5. The molecule has 0 aliphatic heterocycles. The summed E-state index contributed by atoms with van der Waals surface area (Å²) in [6.07, 6.45) is 8.37. The molecule has 0 N–H and O–H groups in total. The molecule has 2 aliphatic carbocycles. The lowest BCUT2D eigenvalue weighted by molar-refractivity contribution is -0.133. The van der Waals surface area contributed by atoms with Crippen molar-refractivity contribution < 1.29 is 18.7 Å². The van der Waals surface area contributed by atoms with Crippen molar-refractivity contribution in [1.29, 1.82) is 0 Å². The second-order valence-electron chi connectivity index (χ2n) is 8.87. The number of ether oxygens (including phenoxy) is 1. The number of amides is 1. The van der Waals surface area contributed by atoms with Gasteiger partial charge in [-0.3, -0.25) is 4.79 Å². The third-order valence-corrected chi connectivity index (χ3v) is 6.17. The van der Waals surface area contributed by atoms with E-state index >= 15 is 0 Å². The average molecular weight is 458 g/mol. The third kappa shape index (κ3) is 4.93. The molecule has 0 unspecified atom stereocenters. The number of hydrogen-bond donors (Lipinski definition) is 0. The summed E-state index contributed by atoms with van der Waals surface area (Å²) in [7, 11) is 0. The van der Waals surface area contributed by atoms with E-state index < -0.39 is 5.97 Å². The van der Waals surface area contributed by atoms with Gasteiger partial charge < -0.3 is 14.1 Å². The normalized spacial score (nSPS) is 15.5. The lowest BCUT2D eigenvalue weighted by Crippen LogP contribution is -2.36. The Morgan fingerprint density at radius 3 is 2.21 bits per heavy atom. The van der Waals surface area contributed by atoms with Crippen LogP contribution in [0, 0.1) is 6.92 Å². The molecule has 0 atom stereocenters. The lowest BCUT2D eigenvalue weighted by Gasteiger charge is -2.27. The van der Waals surface area contributed by atoms with E-state index in [9.17, 15) is 9.59 Å². The molecule has 1 aromatic heterocycles. The Bertz CT molecular complexity index is 1210. The Hall–Kier alpha value is -3.74. The number of allylic oxidation sites excluding steroid dienone is 2. The standard InChI is InChI=1S/C27H27N3O4/c1-18-7-9-19(10-8-18)25-28-29-26(34-25)20-11-13-21(14-12-20)27(32)33-17-24(31)30(23-15-16-23)22-5-3-2-4-6-22/h5,7-14,23H,2-4,6,15-17H2,1H3. The van der Waals surface area contributed by atoms with Gasteiger partial charge in [0.15, 0.2) is 6.61 Å². The SMILES string of the molecule is Cc1ccc(-c2nnc(-c3ccc(C(=O)OCC(=O)N(C4=CCCCC4)C4CC4)cc3)o2)cc1. The van der Waals surface area contributed by atoms with Gasteiger partial charge in [-0.15, -0.1) is 10.2 Å². The van der Waals surface area contributed by atoms with Crippen LogP contribution in [0.1, 0.15) is 54.4 Å². The highest BCUT2D eigenvalue weighted by Gasteiger charge is 2.35. The molecule has 1 amide bonds. The Kier molecular flexibility index (Phi) is 6.25. The van der Waals surface area contributed by atoms with Crippen molar-refractivity contribution in [3.05, 3.63) is 71.4 Å². The molecule has 1 heterocycles. The molecule has 1 fully saturated rings. The van der Waals surface area contributed by atoms with Crippen molar-refractivity contribution in [1.82, 2.24) is 15.1 Å². The minimum absolute atomic E-state index is 0.143. The smallest absolute Gasteiger partial charge is 0.338 e. The topological polar surface area (TPSA) is 85.5 Å². The molecule has 0 spiro atoms. The van der Waals surface area contributed by atoms with Gasteiger partial charge in [-0.1, -0.05) is 23.8 Å². The molecule has 7 heteroatoms. The van der Waals surface area contributed by atoms with Crippen LogP contribution in [0.3, 0.4) is 0 Å². The summed E-state index contributed by atoms with van der Waals surface area (Å²) in [6, 6.07) is 14.8. The van der Waals surface area contributed by atoms with Crippen LogP contribution in [0.25, 0.3) is 22.9 Å². The lowest BCUT2D eigenvalue weighted by atomic mass is 10.0. The van der Waals surface area contributed by atoms with Crippen LogP contribution in [0.5, 0.6) is 0 Å². The second-order valence-corrected chi connectivity index (χ2v) is 8.87. The highest BCUT2D eigenvalue weighted by molar-refractivity contribution is 5.92. The first-order valence-electron chi connectivity index (χ1n) is 11.8. The number of benzene rings is 2. The summed E-state index contributed by atoms with van der Waals surface area (Å²) in [6.45, 7) is 1.76. The Balaban J connectivity index is 1.21. The molecule has 5 rings (SSSR count). The molecule has 2 aromatic carbocycles. The van der Waals surface area contributed by atoms with Crippen molar-refractivity contribution in [2.24, 2.45) is 0 Å². The maximum Gasteiger partial charge on any atom is 0.338 e. The van der Waals surface area contributed by atoms with Gasteiger partial charge in [0.25, 0.3) is 5.91 Å². The van der Waals surface area contributed by atoms with Crippen LogP contribution in [0.4, 0.5) is 0 Å². The first-order valence-corrected chi connectivity index (χ1v) is 11.8. The summed E-state index contributed by atoms with van der Waals surface area (Å²) < 4.78 is 11.1.